The molecule has 0 spiro atoms. The fourth-order valence-corrected chi connectivity index (χ4v) is 2.76. The molecule has 0 unspecified atom stereocenters. The highest BCUT2D eigenvalue weighted by Gasteiger charge is 2.12. The molecule has 1 heterocycles. The SMILES string of the molecule is COc1ccc(CCC(=O)Nc2ccc3c(c2)OCCCO3)cc1OC. The zero-order chi connectivity index (χ0) is 18.4. The normalized spacial score (nSPS) is 12.8. The number of amides is 1. The molecule has 0 saturated carbocycles. The summed E-state index contributed by atoms with van der Waals surface area (Å²) in [6.07, 6.45) is 1.82. The van der Waals surface area contributed by atoms with E-state index in [1.165, 1.54) is 0 Å². The van der Waals surface area contributed by atoms with E-state index in [1.54, 1.807) is 20.3 Å². The fraction of sp³-hybridized carbons (Fsp3) is 0.350. The van der Waals surface area contributed by atoms with Gasteiger partial charge in [0.15, 0.2) is 23.0 Å². The van der Waals surface area contributed by atoms with Gasteiger partial charge in [-0.1, -0.05) is 6.07 Å². The van der Waals surface area contributed by atoms with Crippen LogP contribution in [0.25, 0.3) is 0 Å². The van der Waals surface area contributed by atoms with E-state index in [0.717, 1.165) is 12.0 Å². The van der Waals surface area contributed by atoms with Gasteiger partial charge in [-0.05, 0) is 36.2 Å². The highest BCUT2D eigenvalue weighted by molar-refractivity contribution is 5.91. The molecule has 0 fully saturated rings. The second kappa shape index (κ2) is 8.47. The maximum absolute atomic E-state index is 12.3. The van der Waals surface area contributed by atoms with Gasteiger partial charge in [-0.3, -0.25) is 4.79 Å². The number of nitrogens with one attached hydrogen (secondary N) is 1. The van der Waals surface area contributed by atoms with Crippen molar-refractivity contribution in [3.05, 3.63) is 42.0 Å². The van der Waals surface area contributed by atoms with Crippen LogP contribution < -0.4 is 24.3 Å². The first-order chi connectivity index (χ1) is 12.7. The summed E-state index contributed by atoms with van der Waals surface area (Å²) in [6.45, 7) is 1.26. The molecule has 2 aromatic rings. The lowest BCUT2D eigenvalue weighted by Crippen LogP contribution is -2.12. The van der Waals surface area contributed by atoms with E-state index in [2.05, 4.69) is 5.32 Å². The zero-order valence-corrected chi connectivity index (χ0v) is 15.0. The molecule has 1 aliphatic heterocycles. The number of carbonyl (C=O) groups is 1. The number of anilines is 1. The molecule has 26 heavy (non-hydrogen) atoms. The minimum Gasteiger partial charge on any atom is -0.493 e. The molecule has 0 atom stereocenters. The molecule has 0 aliphatic carbocycles. The number of hydrogen-bond acceptors (Lipinski definition) is 5. The van der Waals surface area contributed by atoms with Gasteiger partial charge in [0.1, 0.15) is 0 Å². The van der Waals surface area contributed by atoms with Crippen LogP contribution in [0.15, 0.2) is 36.4 Å². The Morgan fingerprint density at radius 3 is 2.54 bits per heavy atom. The Kier molecular flexibility index (Phi) is 5.84. The van der Waals surface area contributed by atoms with E-state index in [4.69, 9.17) is 18.9 Å². The van der Waals surface area contributed by atoms with Crippen molar-refractivity contribution in [2.75, 3.05) is 32.8 Å². The molecule has 0 aromatic heterocycles. The lowest BCUT2D eigenvalue weighted by Gasteiger charge is -2.11. The van der Waals surface area contributed by atoms with Gasteiger partial charge in [0.2, 0.25) is 5.91 Å². The number of fused-ring (bicyclic) bond motifs is 1. The molecule has 1 amide bonds. The maximum Gasteiger partial charge on any atom is 0.224 e. The summed E-state index contributed by atoms with van der Waals surface area (Å²) in [5.74, 6) is 2.65. The number of aryl methyl sites for hydroxylation is 1. The van der Waals surface area contributed by atoms with E-state index in [-0.39, 0.29) is 5.91 Å². The quantitative estimate of drug-likeness (QED) is 0.858. The number of benzene rings is 2. The molecule has 6 nitrogen and oxygen atoms in total. The predicted octanol–water partition coefficient (Wildman–Crippen LogP) is 3.44. The molecule has 3 rings (SSSR count). The summed E-state index contributed by atoms with van der Waals surface area (Å²) in [5, 5.41) is 2.90. The van der Waals surface area contributed by atoms with Crippen molar-refractivity contribution in [1.29, 1.82) is 0 Å². The van der Waals surface area contributed by atoms with Crippen LogP contribution in [0.2, 0.25) is 0 Å². The number of methoxy groups -OCH3 is 2. The second-order valence-electron chi connectivity index (χ2n) is 5.95. The monoisotopic (exact) mass is 357 g/mol. The molecule has 6 heteroatoms. The van der Waals surface area contributed by atoms with Crippen molar-refractivity contribution >= 4 is 11.6 Å². The minimum absolute atomic E-state index is 0.0609. The van der Waals surface area contributed by atoms with Crippen LogP contribution in [0.5, 0.6) is 23.0 Å². The first kappa shape index (κ1) is 17.9. The zero-order valence-electron chi connectivity index (χ0n) is 15.0. The minimum atomic E-state index is -0.0609. The first-order valence-electron chi connectivity index (χ1n) is 8.60. The van der Waals surface area contributed by atoms with Gasteiger partial charge >= 0.3 is 0 Å². The Morgan fingerprint density at radius 1 is 1.00 bits per heavy atom. The third kappa shape index (κ3) is 4.39. The van der Waals surface area contributed by atoms with E-state index < -0.39 is 0 Å². The van der Waals surface area contributed by atoms with Crippen molar-refractivity contribution in [1.82, 2.24) is 0 Å². The molecule has 138 valence electrons. The standard InChI is InChI=1S/C20H23NO5/c1-23-16-7-4-14(12-18(16)24-2)5-9-20(22)21-15-6-8-17-19(13-15)26-11-3-10-25-17/h4,6-8,12-13H,3,5,9-11H2,1-2H3,(H,21,22). The highest BCUT2D eigenvalue weighted by atomic mass is 16.5. The Labute approximate surface area is 153 Å². The molecule has 0 radical (unpaired) electrons. The average Bonchev–Trinajstić information content (AvgIpc) is 2.91. The average molecular weight is 357 g/mol. The number of rotatable bonds is 6. The van der Waals surface area contributed by atoms with Gasteiger partial charge in [-0.25, -0.2) is 0 Å². The van der Waals surface area contributed by atoms with Gasteiger partial charge < -0.3 is 24.3 Å². The Bertz CT molecular complexity index is 775. The van der Waals surface area contributed by atoms with Gasteiger partial charge in [0, 0.05) is 24.6 Å². The van der Waals surface area contributed by atoms with Crippen molar-refractivity contribution in [3.63, 3.8) is 0 Å². The Morgan fingerprint density at radius 2 is 1.77 bits per heavy atom. The van der Waals surface area contributed by atoms with Crippen LogP contribution in [0, 0.1) is 0 Å². The van der Waals surface area contributed by atoms with Crippen molar-refractivity contribution < 1.29 is 23.7 Å². The topological polar surface area (TPSA) is 66.0 Å². The summed E-state index contributed by atoms with van der Waals surface area (Å²) in [5.41, 5.74) is 1.71. The molecular formula is C20H23NO5. The van der Waals surface area contributed by atoms with Crippen molar-refractivity contribution in [3.8, 4) is 23.0 Å². The van der Waals surface area contributed by atoms with Crippen LogP contribution >= 0.6 is 0 Å². The molecule has 1 N–H and O–H groups in total. The largest absolute Gasteiger partial charge is 0.493 e. The van der Waals surface area contributed by atoms with Gasteiger partial charge in [-0.15, -0.1) is 0 Å². The summed E-state index contributed by atoms with van der Waals surface area (Å²) < 4.78 is 21.8. The van der Waals surface area contributed by atoms with Gasteiger partial charge in [0.05, 0.1) is 27.4 Å². The molecule has 2 aromatic carbocycles. The fourth-order valence-electron chi connectivity index (χ4n) is 2.76. The molecule has 1 aliphatic rings. The highest BCUT2D eigenvalue weighted by Crippen LogP contribution is 2.32. The smallest absolute Gasteiger partial charge is 0.224 e. The van der Waals surface area contributed by atoms with Crippen LogP contribution in [0.4, 0.5) is 5.69 Å². The lowest BCUT2D eigenvalue weighted by atomic mass is 10.1. The third-order valence-corrected chi connectivity index (χ3v) is 4.12. The first-order valence-corrected chi connectivity index (χ1v) is 8.60. The van der Waals surface area contributed by atoms with Gasteiger partial charge in [0.25, 0.3) is 0 Å². The van der Waals surface area contributed by atoms with Crippen LogP contribution in [-0.2, 0) is 11.2 Å². The van der Waals surface area contributed by atoms with Crippen LogP contribution in [0.1, 0.15) is 18.4 Å². The molecular weight excluding hydrogens is 334 g/mol. The molecule has 0 saturated heterocycles. The Hall–Kier alpha value is -2.89. The summed E-state index contributed by atoms with van der Waals surface area (Å²) in [7, 11) is 3.19. The number of hydrogen-bond donors (Lipinski definition) is 1. The third-order valence-electron chi connectivity index (χ3n) is 4.12. The maximum atomic E-state index is 12.3. The number of ether oxygens (including phenoxy) is 4. The van der Waals surface area contributed by atoms with E-state index in [0.29, 0.717) is 54.7 Å². The van der Waals surface area contributed by atoms with Crippen LogP contribution in [0.3, 0.4) is 0 Å². The van der Waals surface area contributed by atoms with Crippen molar-refractivity contribution in [2.45, 2.75) is 19.3 Å². The van der Waals surface area contributed by atoms with E-state index in [1.807, 2.05) is 30.3 Å². The second-order valence-corrected chi connectivity index (χ2v) is 5.95. The predicted molar refractivity (Wildman–Crippen MR) is 98.5 cm³/mol. The summed E-state index contributed by atoms with van der Waals surface area (Å²) >= 11 is 0. The van der Waals surface area contributed by atoms with Crippen LogP contribution in [-0.4, -0.2) is 33.3 Å². The Balaban J connectivity index is 1.58. The van der Waals surface area contributed by atoms with Crippen molar-refractivity contribution in [2.24, 2.45) is 0 Å². The van der Waals surface area contributed by atoms with E-state index >= 15 is 0 Å². The summed E-state index contributed by atoms with van der Waals surface area (Å²) in [6, 6.07) is 11.1. The van der Waals surface area contributed by atoms with E-state index in [9.17, 15) is 4.79 Å². The van der Waals surface area contributed by atoms with Gasteiger partial charge in [-0.2, -0.15) is 0 Å². The molecule has 0 bridgehead atoms. The summed E-state index contributed by atoms with van der Waals surface area (Å²) in [4.78, 5) is 12.3. The lowest BCUT2D eigenvalue weighted by molar-refractivity contribution is -0.116. The number of carbonyl (C=O) groups excluding carboxylic acids is 1.